The van der Waals surface area contributed by atoms with Crippen molar-refractivity contribution in [2.24, 2.45) is 0 Å². The molecule has 0 fully saturated rings. The molecule has 0 atom stereocenters. The van der Waals surface area contributed by atoms with Crippen LogP contribution in [0, 0.1) is 13.8 Å². The molecule has 0 unspecified atom stereocenters. The quantitative estimate of drug-likeness (QED) is 0.544. The highest BCUT2D eigenvalue weighted by molar-refractivity contribution is 5.85. The van der Waals surface area contributed by atoms with Crippen molar-refractivity contribution in [3.05, 3.63) is 65.0 Å². The highest BCUT2D eigenvalue weighted by atomic mass is 14.9. The zero-order valence-corrected chi connectivity index (χ0v) is 11.7. The molecule has 1 aliphatic carbocycles. The Morgan fingerprint density at radius 2 is 1.95 bits per heavy atom. The van der Waals surface area contributed by atoms with Crippen molar-refractivity contribution in [1.82, 2.24) is 9.97 Å². The molecule has 0 amide bonds. The smallest absolute Gasteiger partial charge is 0.137 e. The average Bonchev–Trinajstić information content (AvgIpc) is 3.08. The first-order chi connectivity index (χ1) is 9.75. The Kier molecular flexibility index (Phi) is 2.34. The zero-order valence-electron chi connectivity index (χ0n) is 11.7. The van der Waals surface area contributed by atoms with Gasteiger partial charge in [-0.1, -0.05) is 30.3 Å². The van der Waals surface area contributed by atoms with E-state index in [1.165, 1.54) is 38.9 Å². The lowest BCUT2D eigenvalue weighted by atomic mass is 9.92. The molecule has 2 aromatic carbocycles. The van der Waals surface area contributed by atoms with Crippen molar-refractivity contribution in [1.29, 1.82) is 0 Å². The number of rotatable bonds is 1. The summed E-state index contributed by atoms with van der Waals surface area (Å²) >= 11 is 0. The van der Waals surface area contributed by atoms with E-state index >= 15 is 0 Å². The van der Waals surface area contributed by atoms with Gasteiger partial charge in [-0.15, -0.1) is 0 Å². The number of aromatic nitrogens is 2. The Hall–Kier alpha value is -2.35. The van der Waals surface area contributed by atoms with E-state index in [-0.39, 0.29) is 0 Å². The summed E-state index contributed by atoms with van der Waals surface area (Å²) in [6, 6.07) is 11.0. The molecule has 0 aliphatic heterocycles. The van der Waals surface area contributed by atoms with Crippen LogP contribution in [0.25, 0.3) is 22.5 Å². The van der Waals surface area contributed by atoms with Crippen LogP contribution in [0.1, 0.15) is 22.3 Å². The van der Waals surface area contributed by atoms with E-state index in [9.17, 15) is 0 Å². The van der Waals surface area contributed by atoms with E-state index in [0.717, 1.165) is 12.2 Å². The Labute approximate surface area is 118 Å². The molecule has 2 nitrogen and oxygen atoms in total. The Morgan fingerprint density at radius 1 is 1.10 bits per heavy atom. The van der Waals surface area contributed by atoms with Crippen LogP contribution in [0.2, 0.25) is 0 Å². The molecule has 98 valence electrons. The summed E-state index contributed by atoms with van der Waals surface area (Å²) in [6.45, 7) is 4.37. The van der Waals surface area contributed by atoms with Crippen LogP contribution in [0.3, 0.4) is 0 Å². The highest BCUT2D eigenvalue weighted by Gasteiger charge is 2.24. The summed E-state index contributed by atoms with van der Waals surface area (Å²) in [4.78, 5) is 7.74. The minimum absolute atomic E-state index is 0.982. The molecule has 3 aromatic rings. The second kappa shape index (κ2) is 4.07. The number of hydrogen-bond acceptors (Lipinski definition) is 1. The van der Waals surface area contributed by atoms with Crippen molar-refractivity contribution in [3.8, 4) is 22.5 Å². The van der Waals surface area contributed by atoms with Gasteiger partial charge in [-0.2, -0.15) is 0 Å². The van der Waals surface area contributed by atoms with Gasteiger partial charge < -0.3 is 4.98 Å². The van der Waals surface area contributed by atoms with Crippen LogP contribution >= 0.6 is 0 Å². The fourth-order valence-electron chi connectivity index (χ4n) is 3.24. The molecule has 0 saturated carbocycles. The van der Waals surface area contributed by atoms with Crippen molar-refractivity contribution in [3.63, 3.8) is 0 Å². The molecule has 2 heteroatoms. The summed E-state index contributed by atoms with van der Waals surface area (Å²) < 4.78 is 0. The standard InChI is InChI=1S/C18H16N2/c1-11-9-15-14-6-4-3-5-13(14)10-16(15)17(12(11)2)18-19-7-8-20-18/h3-9H,10H2,1-2H3,(H,19,20). The molecule has 0 saturated heterocycles. The normalized spacial score (nSPS) is 12.3. The largest absolute Gasteiger partial charge is 0.345 e. The second-order valence-electron chi connectivity index (χ2n) is 5.49. The van der Waals surface area contributed by atoms with Crippen molar-refractivity contribution < 1.29 is 0 Å². The predicted molar refractivity (Wildman–Crippen MR) is 81.7 cm³/mol. The number of hydrogen-bond donors (Lipinski definition) is 1. The molecule has 1 aromatic heterocycles. The summed E-state index contributed by atoms with van der Waals surface area (Å²) in [6.07, 6.45) is 4.72. The van der Waals surface area contributed by atoms with Gasteiger partial charge in [0.15, 0.2) is 0 Å². The molecule has 0 spiro atoms. The van der Waals surface area contributed by atoms with E-state index in [2.05, 4.69) is 54.1 Å². The van der Waals surface area contributed by atoms with Crippen LogP contribution < -0.4 is 0 Å². The number of benzene rings is 2. The van der Waals surface area contributed by atoms with Crippen molar-refractivity contribution in [2.75, 3.05) is 0 Å². The van der Waals surface area contributed by atoms with Gasteiger partial charge in [0.25, 0.3) is 0 Å². The van der Waals surface area contributed by atoms with Crippen LogP contribution in [0.15, 0.2) is 42.7 Å². The van der Waals surface area contributed by atoms with Gasteiger partial charge in [-0.05, 0) is 53.6 Å². The van der Waals surface area contributed by atoms with Gasteiger partial charge in [0.1, 0.15) is 5.82 Å². The van der Waals surface area contributed by atoms with E-state index in [0.29, 0.717) is 0 Å². The number of nitrogens with one attached hydrogen (secondary N) is 1. The van der Waals surface area contributed by atoms with Gasteiger partial charge >= 0.3 is 0 Å². The van der Waals surface area contributed by atoms with E-state index in [1.54, 1.807) is 0 Å². The maximum Gasteiger partial charge on any atom is 0.137 e. The van der Waals surface area contributed by atoms with E-state index < -0.39 is 0 Å². The van der Waals surface area contributed by atoms with Gasteiger partial charge in [-0.3, -0.25) is 0 Å². The lowest BCUT2D eigenvalue weighted by Gasteiger charge is -2.13. The van der Waals surface area contributed by atoms with Crippen LogP contribution in [-0.2, 0) is 6.42 Å². The van der Waals surface area contributed by atoms with E-state index in [4.69, 9.17) is 0 Å². The molecule has 0 bridgehead atoms. The second-order valence-corrected chi connectivity index (χ2v) is 5.49. The van der Waals surface area contributed by atoms with Crippen molar-refractivity contribution in [2.45, 2.75) is 20.3 Å². The molecular weight excluding hydrogens is 244 g/mol. The summed E-state index contributed by atoms with van der Waals surface area (Å²) in [5.74, 6) is 0.982. The molecule has 1 N–H and O–H groups in total. The molecule has 0 radical (unpaired) electrons. The average molecular weight is 260 g/mol. The predicted octanol–water partition coefficient (Wildman–Crippen LogP) is 4.26. The maximum absolute atomic E-state index is 4.47. The van der Waals surface area contributed by atoms with Gasteiger partial charge in [0.2, 0.25) is 0 Å². The maximum atomic E-state index is 4.47. The molecule has 1 heterocycles. The number of imidazole rings is 1. The Balaban J connectivity index is 2.06. The summed E-state index contributed by atoms with van der Waals surface area (Å²) in [5, 5.41) is 0. The first-order valence-electron chi connectivity index (χ1n) is 6.97. The first kappa shape index (κ1) is 11.5. The summed E-state index contributed by atoms with van der Waals surface area (Å²) in [5.41, 5.74) is 9.50. The lowest BCUT2D eigenvalue weighted by Crippen LogP contribution is -1.96. The Bertz CT molecular complexity index is 799. The monoisotopic (exact) mass is 260 g/mol. The minimum atomic E-state index is 0.982. The third kappa shape index (κ3) is 1.48. The molecule has 1 aliphatic rings. The number of aryl methyl sites for hydroxylation is 1. The number of nitrogens with zero attached hydrogens (tertiary/aromatic N) is 1. The first-order valence-corrected chi connectivity index (χ1v) is 6.97. The van der Waals surface area contributed by atoms with Gasteiger partial charge in [0, 0.05) is 18.0 Å². The number of fused-ring (bicyclic) bond motifs is 3. The van der Waals surface area contributed by atoms with Crippen LogP contribution in [0.5, 0.6) is 0 Å². The number of aromatic amines is 1. The minimum Gasteiger partial charge on any atom is -0.345 e. The SMILES string of the molecule is Cc1cc2c(c(-c3ncc[nH]3)c1C)Cc1ccccc1-2. The molecule has 20 heavy (non-hydrogen) atoms. The van der Waals surface area contributed by atoms with Gasteiger partial charge in [-0.25, -0.2) is 4.98 Å². The third-order valence-electron chi connectivity index (χ3n) is 4.36. The topological polar surface area (TPSA) is 28.7 Å². The zero-order chi connectivity index (χ0) is 13.7. The third-order valence-corrected chi connectivity index (χ3v) is 4.36. The number of H-pyrrole nitrogens is 1. The Morgan fingerprint density at radius 3 is 2.75 bits per heavy atom. The molecular formula is C18H16N2. The van der Waals surface area contributed by atoms with Crippen LogP contribution in [0.4, 0.5) is 0 Å². The lowest BCUT2D eigenvalue weighted by molar-refractivity contribution is 1.19. The summed E-state index contributed by atoms with van der Waals surface area (Å²) in [7, 11) is 0. The molecule has 4 rings (SSSR count). The highest BCUT2D eigenvalue weighted by Crippen LogP contribution is 2.43. The van der Waals surface area contributed by atoms with Crippen LogP contribution in [-0.4, -0.2) is 9.97 Å². The van der Waals surface area contributed by atoms with Crippen molar-refractivity contribution >= 4 is 0 Å². The fourth-order valence-corrected chi connectivity index (χ4v) is 3.24. The van der Waals surface area contributed by atoms with E-state index in [1.807, 2.05) is 12.4 Å². The fraction of sp³-hybridized carbons (Fsp3) is 0.167. The van der Waals surface area contributed by atoms with Gasteiger partial charge in [0.05, 0.1) is 0 Å².